The molecule has 0 saturated carbocycles. The molecule has 0 fully saturated rings. The van der Waals surface area contributed by atoms with Gasteiger partial charge in [-0.3, -0.25) is 9.78 Å². The number of hydrogen-bond donors (Lipinski definition) is 1. The number of fused-ring (bicyclic) bond motifs is 1. The molecule has 6 nitrogen and oxygen atoms in total. The van der Waals surface area contributed by atoms with E-state index in [1.807, 2.05) is 0 Å². The maximum atomic E-state index is 13.5. The summed E-state index contributed by atoms with van der Waals surface area (Å²) in [7, 11) is 0. The molecule has 0 aromatic carbocycles. The molecule has 26 heavy (non-hydrogen) atoms. The van der Waals surface area contributed by atoms with Crippen molar-refractivity contribution >= 4 is 17.4 Å². The molecule has 4 heterocycles. The second-order valence-corrected chi connectivity index (χ2v) is 5.51. The van der Waals surface area contributed by atoms with Crippen LogP contribution in [0.3, 0.4) is 0 Å². The van der Waals surface area contributed by atoms with E-state index in [0.29, 0.717) is 16.8 Å². The summed E-state index contributed by atoms with van der Waals surface area (Å²) in [5, 5.41) is 2.60. The van der Waals surface area contributed by atoms with E-state index in [0.717, 1.165) is 12.4 Å². The number of carbonyl (C=O) groups excluding carboxylic acids is 1. The fourth-order valence-electron chi connectivity index (χ4n) is 2.56. The number of pyridine rings is 3. The normalized spacial score (nSPS) is 10.8. The summed E-state index contributed by atoms with van der Waals surface area (Å²) in [5.74, 6) is -1.24. The molecule has 0 unspecified atom stereocenters. The van der Waals surface area contributed by atoms with Gasteiger partial charge in [0.25, 0.3) is 5.91 Å². The van der Waals surface area contributed by atoms with Gasteiger partial charge in [0.2, 0.25) is 0 Å². The lowest BCUT2D eigenvalue weighted by atomic mass is 10.1. The Morgan fingerprint density at radius 3 is 2.65 bits per heavy atom. The quantitative estimate of drug-likeness (QED) is 0.615. The molecule has 0 radical (unpaired) electrons. The highest BCUT2D eigenvalue weighted by Gasteiger charge is 2.15. The molecule has 4 aromatic rings. The smallest absolute Gasteiger partial charge is 0.260 e. The predicted molar refractivity (Wildman–Crippen MR) is 90.5 cm³/mol. The molecular formula is C18H11F2N5O. The fraction of sp³-hybridized carbons (Fsp3) is 0. The maximum Gasteiger partial charge on any atom is 0.260 e. The van der Waals surface area contributed by atoms with Crippen LogP contribution in [0.5, 0.6) is 0 Å². The highest BCUT2D eigenvalue weighted by Crippen LogP contribution is 2.23. The van der Waals surface area contributed by atoms with Crippen LogP contribution in [0.4, 0.5) is 14.6 Å². The van der Waals surface area contributed by atoms with Crippen molar-refractivity contribution in [3.8, 4) is 11.1 Å². The van der Waals surface area contributed by atoms with Gasteiger partial charge in [-0.05, 0) is 24.3 Å². The lowest BCUT2D eigenvalue weighted by Gasteiger charge is -2.09. The maximum absolute atomic E-state index is 13.5. The number of rotatable bonds is 3. The summed E-state index contributed by atoms with van der Waals surface area (Å²) in [6.07, 6.45) is 8.58. The lowest BCUT2D eigenvalue weighted by Crippen LogP contribution is -2.14. The zero-order valence-corrected chi connectivity index (χ0v) is 13.2. The molecule has 1 amide bonds. The molecule has 0 aliphatic rings. The minimum absolute atomic E-state index is 0.207. The Bertz CT molecular complexity index is 1110. The number of aromatic nitrogens is 4. The number of halogens is 2. The van der Waals surface area contributed by atoms with Crippen LogP contribution < -0.4 is 5.32 Å². The number of carbonyl (C=O) groups is 1. The van der Waals surface area contributed by atoms with E-state index in [1.165, 1.54) is 24.4 Å². The summed E-state index contributed by atoms with van der Waals surface area (Å²) < 4.78 is 28.1. The molecule has 0 aliphatic heterocycles. The fourth-order valence-corrected chi connectivity index (χ4v) is 2.56. The van der Waals surface area contributed by atoms with Crippen LogP contribution in [0.25, 0.3) is 16.8 Å². The van der Waals surface area contributed by atoms with E-state index in [-0.39, 0.29) is 11.4 Å². The van der Waals surface area contributed by atoms with Crippen molar-refractivity contribution in [1.29, 1.82) is 0 Å². The Hall–Kier alpha value is -3.68. The van der Waals surface area contributed by atoms with Crippen molar-refractivity contribution in [2.24, 2.45) is 0 Å². The van der Waals surface area contributed by atoms with Gasteiger partial charge >= 0.3 is 0 Å². The Morgan fingerprint density at radius 2 is 1.88 bits per heavy atom. The number of hydrogen-bond acceptors (Lipinski definition) is 4. The zero-order chi connectivity index (χ0) is 18.1. The van der Waals surface area contributed by atoms with Crippen LogP contribution in [0.2, 0.25) is 0 Å². The second-order valence-electron chi connectivity index (χ2n) is 5.51. The first-order valence-corrected chi connectivity index (χ1v) is 7.61. The molecule has 0 atom stereocenters. The summed E-state index contributed by atoms with van der Waals surface area (Å²) in [4.78, 5) is 24.5. The van der Waals surface area contributed by atoms with Crippen molar-refractivity contribution in [1.82, 2.24) is 19.4 Å². The summed E-state index contributed by atoms with van der Waals surface area (Å²) in [6.45, 7) is 0. The Kier molecular flexibility index (Phi) is 3.85. The zero-order valence-electron chi connectivity index (χ0n) is 13.2. The number of nitrogens with zero attached hydrogens (tertiary/aromatic N) is 4. The van der Waals surface area contributed by atoms with Crippen molar-refractivity contribution in [2.45, 2.75) is 0 Å². The minimum atomic E-state index is -0.501. The van der Waals surface area contributed by atoms with Gasteiger partial charge in [0.15, 0.2) is 0 Å². The minimum Gasteiger partial charge on any atom is -0.306 e. The molecule has 0 aliphatic carbocycles. The van der Waals surface area contributed by atoms with E-state index in [2.05, 4.69) is 20.3 Å². The Balaban J connectivity index is 1.77. The van der Waals surface area contributed by atoms with Gasteiger partial charge < -0.3 is 9.72 Å². The Morgan fingerprint density at radius 1 is 1.00 bits per heavy atom. The molecule has 128 valence electrons. The standard InChI is InChI=1S/C18H11F2N5O/c19-13-1-2-16(23-9-13)24-18(26)15-6-12(10-25-4-3-22-17(15)25)11-5-14(20)8-21-7-11/h1-10H,(H,23,24,26). The van der Waals surface area contributed by atoms with Crippen LogP contribution in [0, 0.1) is 11.6 Å². The largest absolute Gasteiger partial charge is 0.306 e. The van der Waals surface area contributed by atoms with Crippen molar-refractivity contribution in [2.75, 3.05) is 5.32 Å². The van der Waals surface area contributed by atoms with Crippen LogP contribution in [-0.2, 0) is 0 Å². The van der Waals surface area contributed by atoms with Gasteiger partial charge in [-0.1, -0.05) is 0 Å². The van der Waals surface area contributed by atoms with E-state index < -0.39 is 17.5 Å². The molecule has 4 rings (SSSR count). The molecule has 4 aromatic heterocycles. The highest BCUT2D eigenvalue weighted by molar-refractivity contribution is 6.08. The third-order valence-corrected chi connectivity index (χ3v) is 3.74. The van der Waals surface area contributed by atoms with E-state index in [4.69, 9.17) is 0 Å². The predicted octanol–water partition coefficient (Wildman–Crippen LogP) is 3.32. The summed E-state index contributed by atoms with van der Waals surface area (Å²) in [5.41, 5.74) is 1.81. The number of imidazole rings is 1. The monoisotopic (exact) mass is 351 g/mol. The number of anilines is 1. The van der Waals surface area contributed by atoms with Crippen LogP contribution in [0.15, 0.2) is 61.4 Å². The topological polar surface area (TPSA) is 72.2 Å². The highest BCUT2D eigenvalue weighted by atomic mass is 19.1. The van der Waals surface area contributed by atoms with Crippen molar-refractivity contribution in [3.63, 3.8) is 0 Å². The molecule has 0 bridgehead atoms. The third-order valence-electron chi connectivity index (χ3n) is 3.74. The lowest BCUT2D eigenvalue weighted by molar-refractivity contribution is 0.102. The molecular weight excluding hydrogens is 340 g/mol. The van der Waals surface area contributed by atoms with Gasteiger partial charge in [0.1, 0.15) is 23.1 Å². The molecule has 1 N–H and O–H groups in total. The van der Waals surface area contributed by atoms with E-state index in [1.54, 1.807) is 29.1 Å². The summed E-state index contributed by atoms with van der Waals surface area (Å²) >= 11 is 0. The number of amides is 1. The average Bonchev–Trinajstić information content (AvgIpc) is 3.11. The van der Waals surface area contributed by atoms with E-state index >= 15 is 0 Å². The average molecular weight is 351 g/mol. The first-order chi connectivity index (χ1) is 12.6. The molecule has 0 saturated heterocycles. The van der Waals surface area contributed by atoms with Crippen LogP contribution >= 0.6 is 0 Å². The Labute approximate surface area is 146 Å². The number of nitrogens with one attached hydrogen (secondary N) is 1. The molecule has 0 spiro atoms. The first kappa shape index (κ1) is 15.8. The molecule has 8 heteroatoms. The second kappa shape index (κ2) is 6.32. The van der Waals surface area contributed by atoms with Gasteiger partial charge in [0.05, 0.1) is 18.0 Å². The van der Waals surface area contributed by atoms with Gasteiger partial charge in [-0.25, -0.2) is 18.7 Å². The van der Waals surface area contributed by atoms with Gasteiger partial charge in [-0.15, -0.1) is 0 Å². The SMILES string of the molecule is O=C(Nc1ccc(F)cn1)c1cc(-c2cncc(F)c2)cn2ccnc12. The third kappa shape index (κ3) is 3.00. The van der Waals surface area contributed by atoms with Crippen molar-refractivity contribution < 1.29 is 13.6 Å². The summed E-state index contributed by atoms with van der Waals surface area (Å²) in [6, 6.07) is 5.48. The van der Waals surface area contributed by atoms with Gasteiger partial charge in [-0.2, -0.15) is 0 Å². The van der Waals surface area contributed by atoms with Crippen LogP contribution in [-0.4, -0.2) is 25.3 Å². The van der Waals surface area contributed by atoms with Crippen molar-refractivity contribution in [3.05, 3.63) is 78.6 Å². The van der Waals surface area contributed by atoms with Gasteiger partial charge in [0, 0.05) is 35.9 Å². The van der Waals surface area contributed by atoms with E-state index in [9.17, 15) is 13.6 Å². The van der Waals surface area contributed by atoms with Crippen LogP contribution in [0.1, 0.15) is 10.4 Å². The first-order valence-electron chi connectivity index (χ1n) is 7.61.